The lowest BCUT2D eigenvalue weighted by Crippen LogP contribution is -2.13. The molecule has 0 aliphatic heterocycles. The van der Waals surface area contributed by atoms with E-state index in [2.05, 4.69) is 5.32 Å². The lowest BCUT2D eigenvalue weighted by Gasteiger charge is -2.04. The van der Waals surface area contributed by atoms with E-state index in [4.69, 9.17) is 5.14 Å². The molecule has 0 spiro atoms. The van der Waals surface area contributed by atoms with E-state index in [0.717, 1.165) is 18.2 Å². The third-order valence-electron chi connectivity index (χ3n) is 1.58. The Morgan fingerprint density at radius 1 is 1.47 bits per heavy atom. The summed E-state index contributed by atoms with van der Waals surface area (Å²) < 4.78 is 34.9. The van der Waals surface area contributed by atoms with Gasteiger partial charge in [0.1, 0.15) is 5.82 Å². The van der Waals surface area contributed by atoms with Crippen molar-refractivity contribution in [2.24, 2.45) is 5.14 Å². The highest BCUT2D eigenvalue weighted by Gasteiger charge is 2.11. The summed E-state index contributed by atoms with van der Waals surface area (Å²) in [5, 5.41) is 7.00. The van der Waals surface area contributed by atoms with Crippen molar-refractivity contribution in [1.82, 2.24) is 0 Å². The molecule has 0 aliphatic rings. The monoisotopic (exact) mass is 232 g/mol. The zero-order valence-corrected chi connectivity index (χ0v) is 8.64. The van der Waals surface area contributed by atoms with E-state index in [9.17, 15) is 17.6 Å². The molecule has 15 heavy (non-hydrogen) atoms. The van der Waals surface area contributed by atoms with Gasteiger partial charge in [-0.25, -0.2) is 17.9 Å². The first kappa shape index (κ1) is 11.6. The number of carbonyl (C=O) groups excluding carboxylic acids is 1. The van der Waals surface area contributed by atoms with Crippen molar-refractivity contribution >= 4 is 21.6 Å². The Morgan fingerprint density at radius 2 is 2.07 bits per heavy atom. The lowest BCUT2D eigenvalue weighted by atomic mass is 10.3. The Kier molecular flexibility index (Phi) is 3.06. The van der Waals surface area contributed by atoms with Crippen molar-refractivity contribution in [3.8, 4) is 0 Å². The first-order chi connectivity index (χ1) is 6.80. The molecule has 5 nitrogen and oxygen atoms in total. The molecule has 0 fully saturated rings. The highest BCUT2D eigenvalue weighted by Crippen LogP contribution is 2.17. The summed E-state index contributed by atoms with van der Waals surface area (Å²) in [7, 11) is -3.92. The maximum absolute atomic E-state index is 13.2. The van der Waals surface area contributed by atoms with E-state index in [1.165, 1.54) is 6.92 Å². The Bertz CT molecular complexity index is 499. The number of hydrogen-bond donors (Lipinski definition) is 2. The highest BCUT2D eigenvalue weighted by molar-refractivity contribution is 7.89. The van der Waals surface area contributed by atoms with Gasteiger partial charge in [-0.05, 0) is 18.2 Å². The van der Waals surface area contributed by atoms with Crippen LogP contribution in [0.1, 0.15) is 6.92 Å². The first-order valence-corrected chi connectivity index (χ1v) is 5.45. The summed E-state index contributed by atoms with van der Waals surface area (Å²) in [4.78, 5) is 10.3. The number of nitrogens with one attached hydrogen (secondary N) is 1. The molecule has 0 aromatic heterocycles. The number of rotatable bonds is 2. The van der Waals surface area contributed by atoms with Crippen LogP contribution < -0.4 is 10.5 Å². The molecule has 0 aliphatic carbocycles. The van der Waals surface area contributed by atoms with Crippen LogP contribution in [0.25, 0.3) is 0 Å². The van der Waals surface area contributed by atoms with Crippen LogP contribution in [-0.2, 0) is 14.8 Å². The van der Waals surface area contributed by atoms with Crippen molar-refractivity contribution in [1.29, 1.82) is 0 Å². The third-order valence-corrected chi connectivity index (χ3v) is 2.49. The summed E-state index contributed by atoms with van der Waals surface area (Å²) in [6, 6.07) is 3.00. The van der Waals surface area contributed by atoms with Gasteiger partial charge in [0.2, 0.25) is 15.9 Å². The lowest BCUT2D eigenvalue weighted by molar-refractivity contribution is -0.114. The highest BCUT2D eigenvalue weighted by atomic mass is 32.2. The van der Waals surface area contributed by atoms with Crippen LogP contribution in [-0.4, -0.2) is 14.3 Å². The Labute approximate surface area is 86.1 Å². The van der Waals surface area contributed by atoms with Gasteiger partial charge in [-0.1, -0.05) is 0 Å². The average molecular weight is 232 g/mol. The molecule has 3 N–H and O–H groups in total. The van der Waals surface area contributed by atoms with Crippen molar-refractivity contribution in [3.05, 3.63) is 24.0 Å². The Hall–Kier alpha value is -1.47. The Morgan fingerprint density at radius 3 is 2.47 bits per heavy atom. The summed E-state index contributed by atoms with van der Waals surface area (Å²) in [5.41, 5.74) is -0.0881. The molecule has 0 atom stereocenters. The maximum Gasteiger partial charge on any atom is 0.238 e. The number of sulfonamides is 1. The van der Waals surface area contributed by atoms with Crippen molar-refractivity contribution in [2.75, 3.05) is 5.32 Å². The zero-order chi connectivity index (χ0) is 11.6. The molecule has 0 saturated carbocycles. The molecule has 1 rings (SSSR count). The standard InChI is InChI=1S/C8H9FN2O3S/c1-5(12)11-8-3-2-6(4-7(8)9)15(10,13)14/h2-4H,1H3,(H,11,12)(H2,10,13,14). The predicted molar refractivity (Wildman–Crippen MR) is 52.1 cm³/mol. The minimum Gasteiger partial charge on any atom is -0.324 e. The Balaban J connectivity index is 3.15. The van der Waals surface area contributed by atoms with Gasteiger partial charge in [0.05, 0.1) is 10.6 Å². The minimum atomic E-state index is -3.92. The molecular formula is C8H9FN2O3S. The molecule has 0 bridgehead atoms. The second kappa shape index (κ2) is 3.95. The summed E-state index contributed by atoms with van der Waals surface area (Å²) in [6.45, 7) is 1.22. The second-order valence-electron chi connectivity index (χ2n) is 2.87. The van der Waals surface area contributed by atoms with Crippen LogP contribution in [0.5, 0.6) is 0 Å². The van der Waals surface area contributed by atoms with Gasteiger partial charge in [-0.15, -0.1) is 0 Å². The molecule has 1 aromatic carbocycles. The van der Waals surface area contributed by atoms with Gasteiger partial charge in [0, 0.05) is 6.92 Å². The maximum atomic E-state index is 13.2. The van der Waals surface area contributed by atoms with E-state index < -0.39 is 21.7 Å². The fraction of sp³-hybridized carbons (Fsp3) is 0.125. The largest absolute Gasteiger partial charge is 0.324 e. The van der Waals surface area contributed by atoms with Crippen LogP contribution in [0.15, 0.2) is 23.1 Å². The van der Waals surface area contributed by atoms with E-state index in [1.54, 1.807) is 0 Å². The van der Waals surface area contributed by atoms with Crippen molar-refractivity contribution < 1.29 is 17.6 Å². The predicted octanol–water partition coefficient (Wildman–Crippen LogP) is 0.431. The molecule has 1 amide bonds. The minimum absolute atomic E-state index is 0.0881. The van der Waals surface area contributed by atoms with Gasteiger partial charge >= 0.3 is 0 Å². The summed E-state index contributed by atoms with van der Waals surface area (Å²) in [6.07, 6.45) is 0. The molecule has 0 saturated heterocycles. The van der Waals surface area contributed by atoms with E-state index >= 15 is 0 Å². The van der Waals surface area contributed by atoms with Crippen LogP contribution in [0.2, 0.25) is 0 Å². The van der Waals surface area contributed by atoms with Gasteiger partial charge in [-0.3, -0.25) is 4.79 Å². The molecule has 0 heterocycles. The topological polar surface area (TPSA) is 89.3 Å². The normalized spacial score (nSPS) is 11.1. The number of halogens is 1. The average Bonchev–Trinajstić information content (AvgIpc) is 2.05. The van der Waals surface area contributed by atoms with Gasteiger partial charge in [0.15, 0.2) is 0 Å². The van der Waals surface area contributed by atoms with Gasteiger partial charge in [0.25, 0.3) is 0 Å². The fourth-order valence-corrected chi connectivity index (χ4v) is 1.49. The summed E-state index contributed by atoms with van der Waals surface area (Å²) in [5.74, 6) is -1.30. The molecule has 7 heteroatoms. The molecule has 0 radical (unpaired) electrons. The van der Waals surface area contributed by atoms with E-state index in [-0.39, 0.29) is 10.6 Å². The van der Waals surface area contributed by atoms with Crippen LogP contribution in [0, 0.1) is 5.82 Å². The number of anilines is 1. The fourth-order valence-electron chi connectivity index (χ4n) is 0.964. The van der Waals surface area contributed by atoms with Crippen molar-refractivity contribution in [3.63, 3.8) is 0 Å². The smallest absolute Gasteiger partial charge is 0.238 e. The third kappa shape index (κ3) is 3.00. The number of carbonyl (C=O) groups is 1. The SMILES string of the molecule is CC(=O)Nc1ccc(S(N)(=O)=O)cc1F. The van der Waals surface area contributed by atoms with Crippen LogP contribution in [0.4, 0.5) is 10.1 Å². The quantitative estimate of drug-likeness (QED) is 0.774. The summed E-state index contributed by atoms with van der Waals surface area (Å²) >= 11 is 0. The van der Waals surface area contributed by atoms with E-state index in [1.807, 2.05) is 0 Å². The number of benzene rings is 1. The number of nitrogens with two attached hydrogens (primary N) is 1. The number of primary sulfonamides is 1. The van der Waals surface area contributed by atoms with Gasteiger partial charge in [-0.2, -0.15) is 0 Å². The van der Waals surface area contributed by atoms with Crippen molar-refractivity contribution in [2.45, 2.75) is 11.8 Å². The van der Waals surface area contributed by atoms with Crippen LogP contribution in [0.3, 0.4) is 0 Å². The van der Waals surface area contributed by atoms with Crippen LogP contribution >= 0.6 is 0 Å². The first-order valence-electron chi connectivity index (χ1n) is 3.90. The van der Waals surface area contributed by atoms with E-state index in [0.29, 0.717) is 0 Å². The molecule has 82 valence electrons. The number of hydrogen-bond acceptors (Lipinski definition) is 3. The molecule has 1 aromatic rings. The molecular weight excluding hydrogens is 223 g/mol. The second-order valence-corrected chi connectivity index (χ2v) is 4.43. The van der Waals surface area contributed by atoms with Gasteiger partial charge < -0.3 is 5.32 Å². The zero-order valence-electron chi connectivity index (χ0n) is 7.82. The molecule has 0 unspecified atom stereocenters. The number of amides is 1.